The molecule has 0 fully saturated rings. The Morgan fingerprint density at radius 1 is 1.44 bits per heavy atom. The molecule has 0 saturated heterocycles. The summed E-state index contributed by atoms with van der Waals surface area (Å²) < 4.78 is 15.3. The Morgan fingerprint density at radius 2 is 2.17 bits per heavy atom. The number of benzene rings is 1. The highest BCUT2D eigenvalue weighted by molar-refractivity contribution is 5.83. The normalized spacial score (nSPS) is 10.6. The average molecular weight is 244 g/mol. The third-order valence-electron chi connectivity index (χ3n) is 2.91. The molecule has 0 unspecified atom stereocenters. The Hall–Kier alpha value is -2.15. The summed E-state index contributed by atoms with van der Waals surface area (Å²) in [6.07, 6.45) is 2.43. The lowest BCUT2D eigenvalue weighted by Crippen LogP contribution is -2.14. The van der Waals surface area contributed by atoms with Crippen LogP contribution in [0, 0.1) is 24.1 Å². The third kappa shape index (κ3) is 1.88. The highest BCUT2D eigenvalue weighted by Crippen LogP contribution is 2.18. The van der Waals surface area contributed by atoms with Gasteiger partial charge in [0.15, 0.2) is 0 Å². The first-order valence-corrected chi connectivity index (χ1v) is 5.82. The van der Waals surface area contributed by atoms with E-state index in [2.05, 4.69) is 0 Å². The summed E-state index contributed by atoms with van der Waals surface area (Å²) in [5.74, 6) is -0.449. The van der Waals surface area contributed by atoms with Crippen molar-refractivity contribution < 1.29 is 4.39 Å². The summed E-state index contributed by atoms with van der Waals surface area (Å²) in [5, 5.41) is 9.23. The molecule has 2 rings (SSSR count). The number of aryl methyl sites for hydroxylation is 2. The maximum atomic E-state index is 13.4. The van der Waals surface area contributed by atoms with Crippen molar-refractivity contribution in [3.05, 3.63) is 45.5 Å². The van der Waals surface area contributed by atoms with Crippen molar-refractivity contribution in [3.8, 4) is 6.07 Å². The first-order chi connectivity index (χ1) is 8.58. The van der Waals surface area contributed by atoms with Gasteiger partial charge >= 0.3 is 0 Å². The monoisotopic (exact) mass is 244 g/mol. The fraction of sp³-hybridized carbons (Fsp3) is 0.286. The molecule has 0 amide bonds. The van der Waals surface area contributed by atoms with Crippen molar-refractivity contribution in [2.75, 3.05) is 0 Å². The van der Waals surface area contributed by atoms with Crippen LogP contribution in [-0.2, 0) is 6.54 Å². The van der Waals surface area contributed by atoms with Gasteiger partial charge in [-0.2, -0.15) is 5.26 Å². The van der Waals surface area contributed by atoms with E-state index >= 15 is 0 Å². The van der Waals surface area contributed by atoms with Crippen molar-refractivity contribution >= 4 is 10.9 Å². The van der Waals surface area contributed by atoms with E-state index in [1.54, 1.807) is 13.1 Å². The molecule has 0 aliphatic rings. The zero-order valence-corrected chi connectivity index (χ0v) is 10.3. The molecule has 0 N–H and O–H groups in total. The van der Waals surface area contributed by atoms with Crippen LogP contribution in [0.3, 0.4) is 0 Å². The number of hydrogen-bond donors (Lipinski definition) is 0. The van der Waals surface area contributed by atoms with Gasteiger partial charge in [0.05, 0.1) is 10.9 Å². The number of halogens is 1. The summed E-state index contributed by atoms with van der Waals surface area (Å²) >= 11 is 0. The number of aromatic nitrogens is 1. The van der Waals surface area contributed by atoms with Crippen LogP contribution in [0.2, 0.25) is 0 Å². The van der Waals surface area contributed by atoms with Crippen molar-refractivity contribution in [2.45, 2.75) is 26.8 Å². The van der Waals surface area contributed by atoms with Gasteiger partial charge in [-0.15, -0.1) is 0 Å². The summed E-state index contributed by atoms with van der Waals surface area (Å²) in [6.45, 7) is 4.47. The minimum absolute atomic E-state index is 0.0564. The van der Waals surface area contributed by atoms with Crippen LogP contribution >= 0.6 is 0 Å². The van der Waals surface area contributed by atoms with E-state index in [0.29, 0.717) is 17.6 Å². The molecule has 92 valence electrons. The second kappa shape index (κ2) is 4.61. The fourth-order valence-corrected chi connectivity index (χ4v) is 2.21. The Labute approximate surface area is 104 Å². The Kier molecular flexibility index (Phi) is 3.15. The van der Waals surface area contributed by atoms with E-state index in [-0.39, 0.29) is 10.9 Å². The number of hydrogen-bond acceptors (Lipinski definition) is 2. The smallest absolute Gasteiger partial charge is 0.207 e. The van der Waals surface area contributed by atoms with Gasteiger partial charge in [-0.3, -0.25) is 4.79 Å². The molecule has 0 aliphatic carbocycles. The second-order valence-electron chi connectivity index (χ2n) is 4.30. The van der Waals surface area contributed by atoms with Gasteiger partial charge in [0.1, 0.15) is 17.4 Å². The third-order valence-corrected chi connectivity index (χ3v) is 2.91. The molecule has 4 heteroatoms. The number of pyridine rings is 1. The Morgan fingerprint density at radius 3 is 2.78 bits per heavy atom. The highest BCUT2D eigenvalue weighted by Gasteiger charge is 2.11. The largest absolute Gasteiger partial charge is 0.346 e. The van der Waals surface area contributed by atoms with Crippen LogP contribution in [0.4, 0.5) is 4.39 Å². The minimum Gasteiger partial charge on any atom is -0.346 e. The van der Waals surface area contributed by atoms with Crippen LogP contribution < -0.4 is 5.43 Å². The molecule has 0 aliphatic heterocycles. The van der Waals surface area contributed by atoms with Crippen LogP contribution in [0.1, 0.15) is 24.5 Å². The van der Waals surface area contributed by atoms with E-state index in [9.17, 15) is 9.18 Å². The van der Waals surface area contributed by atoms with E-state index in [4.69, 9.17) is 5.26 Å². The molecular weight excluding hydrogens is 231 g/mol. The number of rotatable bonds is 2. The van der Waals surface area contributed by atoms with Gasteiger partial charge in [-0.1, -0.05) is 6.92 Å². The summed E-state index contributed by atoms with van der Waals surface area (Å²) in [6, 6.07) is 4.48. The molecule has 1 aromatic heterocycles. The second-order valence-corrected chi connectivity index (χ2v) is 4.30. The van der Waals surface area contributed by atoms with Gasteiger partial charge in [-0.05, 0) is 31.0 Å². The van der Waals surface area contributed by atoms with E-state index < -0.39 is 11.2 Å². The first-order valence-electron chi connectivity index (χ1n) is 5.82. The van der Waals surface area contributed by atoms with Crippen molar-refractivity contribution in [3.63, 3.8) is 0 Å². The maximum absolute atomic E-state index is 13.4. The Bertz CT molecular complexity index is 710. The number of nitriles is 1. The summed E-state index contributed by atoms with van der Waals surface area (Å²) in [5.41, 5.74) is 1.07. The van der Waals surface area contributed by atoms with Gasteiger partial charge in [0, 0.05) is 12.7 Å². The quantitative estimate of drug-likeness (QED) is 0.815. The summed E-state index contributed by atoms with van der Waals surface area (Å²) in [7, 11) is 0. The zero-order chi connectivity index (χ0) is 13.3. The number of fused-ring (bicyclic) bond motifs is 1. The molecule has 18 heavy (non-hydrogen) atoms. The van der Waals surface area contributed by atoms with Gasteiger partial charge in [0.25, 0.3) is 0 Å². The lowest BCUT2D eigenvalue weighted by atomic mass is 10.1. The number of nitrogens with zero attached hydrogens (tertiary/aromatic N) is 2. The molecule has 0 spiro atoms. The maximum Gasteiger partial charge on any atom is 0.207 e. The molecule has 0 saturated carbocycles. The minimum atomic E-state index is -0.449. The van der Waals surface area contributed by atoms with E-state index in [1.165, 1.54) is 12.1 Å². The highest BCUT2D eigenvalue weighted by atomic mass is 19.1. The van der Waals surface area contributed by atoms with E-state index in [0.717, 1.165) is 6.42 Å². The van der Waals surface area contributed by atoms with E-state index in [1.807, 2.05) is 17.6 Å². The van der Waals surface area contributed by atoms with Crippen molar-refractivity contribution in [1.29, 1.82) is 5.26 Å². The van der Waals surface area contributed by atoms with Gasteiger partial charge in [0.2, 0.25) is 5.43 Å². The average Bonchev–Trinajstić information content (AvgIpc) is 2.32. The standard InChI is InChI=1S/C14H13FN2O/c1-3-4-17-8-10(7-16)14(18)12-6-11(15)5-9(2)13(12)17/h5-6,8H,3-4H2,1-2H3. The topological polar surface area (TPSA) is 45.8 Å². The first kappa shape index (κ1) is 12.3. The van der Waals surface area contributed by atoms with Crippen LogP contribution in [-0.4, -0.2) is 4.57 Å². The summed E-state index contributed by atoms with van der Waals surface area (Å²) in [4.78, 5) is 12.0. The molecule has 3 nitrogen and oxygen atoms in total. The lowest BCUT2D eigenvalue weighted by Gasteiger charge is -2.12. The predicted octanol–water partition coefficient (Wildman–Crippen LogP) is 2.73. The van der Waals surface area contributed by atoms with Crippen LogP contribution in [0.25, 0.3) is 10.9 Å². The van der Waals surface area contributed by atoms with Crippen LogP contribution in [0.15, 0.2) is 23.1 Å². The fourth-order valence-electron chi connectivity index (χ4n) is 2.21. The zero-order valence-electron chi connectivity index (χ0n) is 10.3. The lowest BCUT2D eigenvalue weighted by molar-refractivity contribution is 0.627. The predicted molar refractivity (Wildman–Crippen MR) is 67.9 cm³/mol. The molecule has 0 bridgehead atoms. The molecule has 1 aromatic carbocycles. The molecule has 2 aromatic rings. The van der Waals surface area contributed by atoms with Gasteiger partial charge in [-0.25, -0.2) is 4.39 Å². The van der Waals surface area contributed by atoms with Crippen molar-refractivity contribution in [2.24, 2.45) is 0 Å². The molecule has 0 radical (unpaired) electrons. The SMILES string of the molecule is CCCn1cc(C#N)c(=O)c2cc(F)cc(C)c21. The molecular formula is C14H13FN2O. The molecule has 1 heterocycles. The van der Waals surface area contributed by atoms with Crippen LogP contribution in [0.5, 0.6) is 0 Å². The van der Waals surface area contributed by atoms with Crippen molar-refractivity contribution in [1.82, 2.24) is 4.57 Å². The molecule has 0 atom stereocenters. The van der Waals surface area contributed by atoms with Gasteiger partial charge < -0.3 is 4.57 Å². The Balaban J connectivity index is 2.97.